The lowest BCUT2D eigenvalue weighted by atomic mass is 10.0. The molecule has 1 aromatic heterocycles. The SMILES string of the molecule is Cc1cc(-c2cc(C(Cl)Cl)[nH]n2)c(F)cc1C#N. The van der Waals surface area contributed by atoms with Crippen LogP contribution in [0.25, 0.3) is 11.3 Å². The van der Waals surface area contributed by atoms with Crippen LogP contribution in [0, 0.1) is 24.1 Å². The van der Waals surface area contributed by atoms with E-state index in [2.05, 4.69) is 10.2 Å². The molecule has 3 nitrogen and oxygen atoms in total. The number of aryl methyl sites for hydroxylation is 1. The number of halogens is 3. The molecule has 2 aromatic rings. The Balaban J connectivity index is 2.51. The molecule has 6 heteroatoms. The van der Waals surface area contributed by atoms with Gasteiger partial charge in [-0.15, -0.1) is 0 Å². The third kappa shape index (κ3) is 2.33. The Morgan fingerprint density at radius 1 is 1.39 bits per heavy atom. The molecule has 0 aliphatic rings. The van der Waals surface area contributed by atoms with E-state index in [1.54, 1.807) is 19.1 Å². The molecular formula is C12H8Cl2FN3. The van der Waals surface area contributed by atoms with Crippen molar-refractivity contribution in [2.24, 2.45) is 0 Å². The van der Waals surface area contributed by atoms with Crippen molar-refractivity contribution in [3.63, 3.8) is 0 Å². The van der Waals surface area contributed by atoms with Gasteiger partial charge in [-0.2, -0.15) is 10.4 Å². The maximum Gasteiger partial charge on any atom is 0.149 e. The minimum Gasteiger partial charge on any atom is -0.279 e. The first-order valence-electron chi connectivity index (χ1n) is 5.07. The van der Waals surface area contributed by atoms with Crippen molar-refractivity contribution in [2.75, 3.05) is 0 Å². The number of nitrogens with one attached hydrogen (secondary N) is 1. The fraction of sp³-hybridized carbons (Fsp3) is 0.167. The van der Waals surface area contributed by atoms with Crippen molar-refractivity contribution >= 4 is 23.2 Å². The van der Waals surface area contributed by atoms with Gasteiger partial charge in [0.1, 0.15) is 10.7 Å². The average Bonchev–Trinajstić information content (AvgIpc) is 2.81. The highest BCUT2D eigenvalue weighted by molar-refractivity contribution is 6.43. The van der Waals surface area contributed by atoms with E-state index >= 15 is 0 Å². The summed E-state index contributed by atoms with van der Waals surface area (Å²) in [6, 6.07) is 6.27. The molecule has 0 aliphatic carbocycles. The number of hydrogen-bond donors (Lipinski definition) is 1. The van der Waals surface area contributed by atoms with Gasteiger partial charge in [0.25, 0.3) is 0 Å². The number of rotatable bonds is 2. The van der Waals surface area contributed by atoms with E-state index in [0.29, 0.717) is 28.1 Å². The van der Waals surface area contributed by atoms with Crippen LogP contribution in [-0.2, 0) is 0 Å². The summed E-state index contributed by atoms with van der Waals surface area (Å²) in [5, 5.41) is 15.4. The van der Waals surface area contributed by atoms with Crippen molar-refractivity contribution in [1.29, 1.82) is 5.26 Å². The minimum atomic E-state index is -0.742. The van der Waals surface area contributed by atoms with E-state index in [1.807, 2.05) is 6.07 Å². The monoisotopic (exact) mass is 283 g/mol. The molecule has 92 valence electrons. The van der Waals surface area contributed by atoms with Crippen molar-refractivity contribution in [3.8, 4) is 17.3 Å². The van der Waals surface area contributed by atoms with Crippen LogP contribution in [0.4, 0.5) is 4.39 Å². The van der Waals surface area contributed by atoms with Crippen LogP contribution in [-0.4, -0.2) is 10.2 Å². The fourth-order valence-corrected chi connectivity index (χ4v) is 1.81. The number of aromatic nitrogens is 2. The van der Waals surface area contributed by atoms with E-state index in [1.165, 1.54) is 6.07 Å². The highest BCUT2D eigenvalue weighted by Gasteiger charge is 2.14. The fourth-order valence-electron chi connectivity index (χ4n) is 1.58. The van der Waals surface area contributed by atoms with E-state index < -0.39 is 10.7 Å². The Morgan fingerprint density at radius 3 is 2.67 bits per heavy atom. The quantitative estimate of drug-likeness (QED) is 0.851. The van der Waals surface area contributed by atoms with Gasteiger partial charge in [0, 0.05) is 5.56 Å². The zero-order valence-electron chi connectivity index (χ0n) is 9.34. The molecule has 0 unspecified atom stereocenters. The third-order valence-electron chi connectivity index (χ3n) is 2.54. The van der Waals surface area contributed by atoms with Crippen LogP contribution in [0.1, 0.15) is 21.7 Å². The zero-order chi connectivity index (χ0) is 13.3. The number of H-pyrrole nitrogens is 1. The van der Waals surface area contributed by atoms with Gasteiger partial charge in [-0.25, -0.2) is 4.39 Å². The summed E-state index contributed by atoms with van der Waals surface area (Å²) in [5.41, 5.74) is 2.20. The molecule has 2 rings (SSSR count). The van der Waals surface area contributed by atoms with Crippen LogP contribution in [0.2, 0.25) is 0 Å². The Kier molecular flexibility index (Phi) is 3.55. The van der Waals surface area contributed by atoms with Crippen molar-refractivity contribution in [1.82, 2.24) is 10.2 Å². The van der Waals surface area contributed by atoms with Crippen LogP contribution in [0.3, 0.4) is 0 Å². The molecular weight excluding hydrogens is 276 g/mol. The van der Waals surface area contributed by atoms with Gasteiger partial charge < -0.3 is 0 Å². The maximum atomic E-state index is 13.8. The molecule has 1 N–H and O–H groups in total. The lowest BCUT2D eigenvalue weighted by Gasteiger charge is -2.03. The molecule has 0 fully saturated rings. The van der Waals surface area contributed by atoms with Crippen LogP contribution < -0.4 is 0 Å². The zero-order valence-corrected chi connectivity index (χ0v) is 10.8. The number of hydrogen-bond acceptors (Lipinski definition) is 2. The molecule has 0 aliphatic heterocycles. The average molecular weight is 284 g/mol. The molecule has 18 heavy (non-hydrogen) atoms. The normalized spacial score (nSPS) is 10.7. The second-order valence-electron chi connectivity index (χ2n) is 3.77. The molecule has 0 saturated heterocycles. The summed E-state index contributed by atoms with van der Waals surface area (Å²) in [5.74, 6) is -0.504. The molecule has 0 spiro atoms. The summed E-state index contributed by atoms with van der Waals surface area (Å²) in [7, 11) is 0. The molecule has 1 heterocycles. The second kappa shape index (κ2) is 4.97. The predicted octanol–water partition coefficient (Wildman–Crippen LogP) is 3.87. The van der Waals surface area contributed by atoms with Gasteiger partial charge in [0.2, 0.25) is 0 Å². The molecule has 0 bridgehead atoms. The van der Waals surface area contributed by atoms with E-state index in [-0.39, 0.29) is 0 Å². The van der Waals surface area contributed by atoms with Crippen LogP contribution >= 0.6 is 23.2 Å². The third-order valence-corrected chi connectivity index (χ3v) is 3.01. The first kappa shape index (κ1) is 12.9. The summed E-state index contributed by atoms with van der Waals surface area (Å²) in [6.45, 7) is 1.74. The first-order valence-corrected chi connectivity index (χ1v) is 5.94. The van der Waals surface area contributed by atoms with Gasteiger partial charge in [0.15, 0.2) is 0 Å². The highest BCUT2D eigenvalue weighted by atomic mass is 35.5. The topological polar surface area (TPSA) is 52.5 Å². The lowest BCUT2D eigenvalue weighted by Crippen LogP contribution is -1.90. The Labute approximate surface area is 113 Å². The summed E-state index contributed by atoms with van der Waals surface area (Å²) >= 11 is 11.4. The van der Waals surface area contributed by atoms with Gasteiger partial charge in [0.05, 0.1) is 23.0 Å². The minimum absolute atomic E-state index is 0.305. The van der Waals surface area contributed by atoms with Gasteiger partial charge in [-0.05, 0) is 30.7 Å². The smallest absolute Gasteiger partial charge is 0.149 e. The maximum absolute atomic E-state index is 13.8. The molecule has 0 saturated carbocycles. The number of nitriles is 1. The van der Waals surface area contributed by atoms with Crippen LogP contribution in [0.15, 0.2) is 18.2 Å². The summed E-state index contributed by atoms with van der Waals surface area (Å²) in [4.78, 5) is -0.742. The first-order chi connectivity index (χ1) is 8.52. The highest BCUT2D eigenvalue weighted by Crippen LogP contribution is 2.29. The van der Waals surface area contributed by atoms with Gasteiger partial charge >= 0.3 is 0 Å². The largest absolute Gasteiger partial charge is 0.279 e. The molecule has 1 aromatic carbocycles. The van der Waals surface area contributed by atoms with Gasteiger partial charge in [-0.1, -0.05) is 23.2 Å². The Hall–Kier alpha value is -1.57. The van der Waals surface area contributed by atoms with E-state index in [0.717, 1.165) is 0 Å². The molecule has 0 amide bonds. The number of alkyl halides is 2. The second-order valence-corrected chi connectivity index (χ2v) is 4.86. The molecule has 0 atom stereocenters. The lowest BCUT2D eigenvalue weighted by molar-refractivity contribution is 0.629. The predicted molar refractivity (Wildman–Crippen MR) is 67.9 cm³/mol. The van der Waals surface area contributed by atoms with Gasteiger partial charge in [-0.3, -0.25) is 5.10 Å². The Morgan fingerprint density at radius 2 is 2.11 bits per heavy atom. The Bertz CT molecular complexity index is 629. The van der Waals surface area contributed by atoms with E-state index in [9.17, 15) is 4.39 Å². The number of aromatic amines is 1. The number of nitrogens with zero attached hydrogens (tertiary/aromatic N) is 2. The van der Waals surface area contributed by atoms with Crippen LogP contribution in [0.5, 0.6) is 0 Å². The standard InChI is InChI=1S/C12H8Cl2FN3/c1-6-2-8(9(15)3-7(6)5-16)10-4-11(12(13)14)18-17-10/h2-4,12H,1H3,(H,17,18). The van der Waals surface area contributed by atoms with E-state index in [4.69, 9.17) is 28.5 Å². The molecule has 0 radical (unpaired) electrons. The van der Waals surface area contributed by atoms with Crippen molar-refractivity contribution in [2.45, 2.75) is 11.8 Å². The van der Waals surface area contributed by atoms with Crippen molar-refractivity contribution < 1.29 is 4.39 Å². The summed E-state index contributed by atoms with van der Waals surface area (Å²) < 4.78 is 13.8. The summed E-state index contributed by atoms with van der Waals surface area (Å²) in [6.07, 6.45) is 0. The number of benzene rings is 1. The van der Waals surface area contributed by atoms with Crippen molar-refractivity contribution in [3.05, 3.63) is 40.8 Å².